The predicted octanol–water partition coefficient (Wildman–Crippen LogP) is 6.11. The summed E-state index contributed by atoms with van der Waals surface area (Å²) in [6.07, 6.45) is 9.64. The van der Waals surface area contributed by atoms with Crippen LogP contribution in [0.1, 0.15) is 61.4 Å². The summed E-state index contributed by atoms with van der Waals surface area (Å²) in [7, 11) is 0. The minimum Gasteiger partial charge on any atom is -0.479 e. The van der Waals surface area contributed by atoms with Crippen molar-refractivity contribution in [1.29, 1.82) is 0 Å². The summed E-state index contributed by atoms with van der Waals surface area (Å²) in [6, 6.07) is 6.99. The van der Waals surface area contributed by atoms with Gasteiger partial charge in [0, 0.05) is 30.2 Å². The molecule has 1 amide bonds. The molecule has 1 aromatic heterocycles. The first kappa shape index (κ1) is 27.5. The fourth-order valence-corrected chi connectivity index (χ4v) is 6.62. The zero-order valence-electron chi connectivity index (χ0n) is 20.7. The van der Waals surface area contributed by atoms with Crippen molar-refractivity contribution in [3.63, 3.8) is 0 Å². The van der Waals surface area contributed by atoms with Gasteiger partial charge in [0.05, 0.1) is 25.9 Å². The molecule has 10 heteroatoms. The first-order valence-corrected chi connectivity index (χ1v) is 14.2. The molecule has 196 valence electrons. The van der Waals surface area contributed by atoms with E-state index in [1.165, 1.54) is 24.2 Å². The lowest BCUT2D eigenvalue weighted by Crippen LogP contribution is -2.60. The van der Waals surface area contributed by atoms with Gasteiger partial charge < -0.3 is 15.7 Å². The number of carboxylic acids is 1. The minimum atomic E-state index is -1.27. The Bertz CT molecular complexity index is 1240. The van der Waals surface area contributed by atoms with Crippen LogP contribution in [0.25, 0.3) is 0 Å². The SMILES string of the molecule is CC[C@@](Cc1ccc(NC(=O)c2c(Cl)cncc2Cl)cc1)(NC1=C(SC)C(=O)C12CCCCC2)C(=O)O. The number of aromatic nitrogens is 1. The number of rotatable bonds is 9. The summed E-state index contributed by atoms with van der Waals surface area (Å²) in [4.78, 5) is 42.8. The van der Waals surface area contributed by atoms with E-state index in [4.69, 9.17) is 23.2 Å². The number of allylic oxidation sites excluding steroid dienone is 2. The van der Waals surface area contributed by atoms with E-state index in [0.29, 0.717) is 17.0 Å². The standard InChI is InChI=1S/C27H29Cl2N3O4S/c1-3-27(25(35)36,32-22-21(37-2)23(33)26(22)11-5-4-6-12-26)13-16-7-9-17(10-8-16)31-24(34)20-18(28)14-30-15-19(20)29/h7-10,14-15,32H,3-6,11-13H2,1-2H3,(H,31,34)(H,35,36)/t27-/m0/s1. The average Bonchev–Trinajstić information content (AvgIpc) is 2.89. The lowest BCUT2D eigenvalue weighted by molar-refractivity contribution is -0.145. The monoisotopic (exact) mass is 561 g/mol. The highest BCUT2D eigenvalue weighted by molar-refractivity contribution is 8.03. The second-order valence-electron chi connectivity index (χ2n) is 9.55. The molecule has 1 saturated carbocycles. The molecule has 1 heterocycles. The van der Waals surface area contributed by atoms with E-state index >= 15 is 0 Å². The quantitative estimate of drug-likeness (QED) is 0.338. The van der Waals surface area contributed by atoms with Crippen molar-refractivity contribution in [2.75, 3.05) is 11.6 Å². The molecule has 0 unspecified atom stereocenters. The number of hydrogen-bond donors (Lipinski definition) is 3. The van der Waals surface area contributed by atoms with Crippen molar-refractivity contribution in [3.8, 4) is 0 Å². The van der Waals surface area contributed by atoms with E-state index in [0.717, 1.165) is 43.4 Å². The van der Waals surface area contributed by atoms with E-state index in [1.807, 2.05) is 13.2 Å². The maximum absolute atomic E-state index is 13.0. The molecular weight excluding hydrogens is 533 g/mol. The highest BCUT2D eigenvalue weighted by Crippen LogP contribution is 2.54. The molecule has 1 fully saturated rings. The molecule has 4 rings (SSSR count). The number of aliphatic carboxylic acids is 1. The first-order chi connectivity index (χ1) is 17.7. The average molecular weight is 563 g/mol. The number of anilines is 1. The Kier molecular flexibility index (Phi) is 8.21. The topological polar surface area (TPSA) is 108 Å². The van der Waals surface area contributed by atoms with Crippen LogP contribution in [0.3, 0.4) is 0 Å². The molecule has 2 aliphatic carbocycles. The molecule has 37 heavy (non-hydrogen) atoms. The van der Waals surface area contributed by atoms with Gasteiger partial charge >= 0.3 is 5.97 Å². The van der Waals surface area contributed by atoms with Crippen LogP contribution in [0, 0.1) is 5.41 Å². The van der Waals surface area contributed by atoms with Crippen LogP contribution in [-0.2, 0) is 16.0 Å². The molecule has 0 aliphatic heterocycles. The Morgan fingerprint density at radius 2 is 1.73 bits per heavy atom. The molecule has 2 aliphatic rings. The van der Waals surface area contributed by atoms with Crippen molar-refractivity contribution in [3.05, 3.63) is 68.4 Å². The van der Waals surface area contributed by atoms with Gasteiger partial charge in [-0.25, -0.2) is 4.79 Å². The van der Waals surface area contributed by atoms with Gasteiger partial charge in [-0.3, -0.25) is 14.6 Å². The minimum absolute atomic E-state index is 0.132. The number of pyridine rings is 1. The summed E-state index contributed by atoms with van der Waals surface area (Å²) >= 11 is 13.5. The largest absolute Gasteiger partial charge is 0.479 e. The van der Waals surface area contributed by atoms with E-state index in [9.17, 15) is 19.5 Å². The molecule has 3 N–H and O–H groups in total. The zero-order valence-corrected chi connectivity index (χ0v) is 23.0. The third-order valence-corrected chi connectivity index (χ3v) is 8.80. The Hall–Kier alpha value is -2.55. The Labute approximate surface area is 230 Å². The predicted molar refractivity (Wildman–Crippen MR) is 147 cm³/mol. The molecule has 2 aromatic rings. The number of nitrogens with one attached hydrogen (secondary N) is 2. The number of Topliss-reactive ketones (excluding diaryl/α,β-unsaturated/α-hetero) is 1. The maximum Gasteiger partial charge on any atom is 0.329 e. The number of nitrogens with zero attached hydrogens (tertiary/aromatic N) is 1. The summed E-state index contributed by atoms with van der Waals surface area (Å²) in [5.41, 5.74) is 0.377. The van der Waals surface area contributed by atoms with Crippen molar-refractivity contribution >= 4 is 58.3 Å². The van der Waals surface area contributed by atoms with Crippen LogP contribution < -0.4 is 10.6 Å². The number of thioether (sulfide) groups is 1. The maximum atomic E-state index is 13.0. The van der Waals surface area contributed by atoms with Gasteiger partial charge in [0.2, 0.25) is 0 Å². The molecule has 0 bridgehead atoms. The third kappa shape index (κ3) is 5.11. The smallest absolute Gasteiger partial charge is 0.329 e. The number of carbonyl (C=O) groups excluding carboxylic acids is 2. The van der Waals surface area contributed by atoms with Gasteiger partial charge in [-0.05, 0) is 43.2 Å². The molecule has 1 atom stereocenters. The molecular formula is C27H29Cl2N3O4S. The van der Waals surface area contributed by atoms with Crippen LogP contribution in [-0.4, -0.2) is 39.5 Å². The van der Waals surface area contributed by atoms with Gasteiger partial charge in [-0.1, -0.05) is 61.5 Å². The lowest BCUT2D eigenvalue weighted by Gasteiger charge is -2.49. The second kappa shape index (κ2) is 11.1. The highest BCUT2D eigenvalue weighted by atomic mass is 35.5. The summed E-state index contributed by atoms with van der Waals surface area (Å²) in [6.45, 7) is 1.84. The second-order valence-corrected chi connectivity index (χ2v) is 11.2. The van der Waals surface area contributed by atoms with E-state index in [1.54, 1.807) is 24.3 Å². The zero-order chi connectivity index (χ0) is 26.8. The van der Waals surface area contributed by atoms with E-state index in [-0.39, 0.29) is 27.8 Å². The van der Waals surface area contributed by atoms with E-state index in [2.05, 4.69) is 15.6 Å². The number of benzene rings is 1. The fraction of sp³-hybridized carbons (Fsp3) is 0.407. The van der Waals surface area contributed by atoms with Gasteiger partial charge in [-0.2, -0.15) is 0 Å². The van der Waals surface area contributed by atoms with Gasteiger partial charge in [0.25, 0.3) is 5.91 Å². The Morgan fingerprint density at radius 3 is 2.27 bits per heavy atom. The highest BCUT2D eigenvalue weighted by Gasteiger charge is 2.56. The lowest BCUT2D eigenvalue weighted by atomic mass is 9.61. The Morgan fingerprint density at radius 1 is 1.11 bits per heavy atom. The van der Waals surface area contributed by atoms with Crippen LogP contribution >= 0.6 is 35.0 Å². The third-order valence-electron chi connectivity index (χ3n) is 7.43. The van der Waals surface area contributed by atoms with Gasteiger partial charge in [0.15, 0.2) is 5.78 Å². The fourth-order valence-electron chi connectivity index (χ4n) is 5.26. The summed E-state index contributed by atoms with van der Waals surface area (Å²) < 4.78 is 0. The summed E-state index contributed by atoms with van der Waals surface area (Å²) in [5, 5.41) is 16.8. The van der Waals surface area contributed by atoms with Crippen LogP contribution in [0.15, 0.2) is 47.3 Å². The number of amides is 1. The molecule has 7 nitrogen and oxygen atoms in total. The molecule has 0 radical (unpaired) electrons. The number of carbonyl (C=O) groups is 3. The van der Waals surface area contributed by atoms with Crippen LogP contribution in [0.5, 0.6) is 0 Å². The van der Waals surface area contributed by atoms with Crippen LogP contribution in [0.2, 0.25) is 10.0 Å². The number of ketones is 1. The van der Waals surface area contributed by atoms with E-state index < -0.39 is 22.8 Å². The summed E-state index contributed by atoms with van der Waals surface area (Å²) in [5.74, 6) is -1.29. The number of carboxylic acid groups (broad SMARTS) is 1. The molecule has 1 spiro atoms. The van der Waals surface area contributed by atoms with Crippen LogP contribution in [0.4, 0.5) is 5.69 Å². The Balaban J connectivity index is 1.55. The van der Waals surface area contributed by atoms with Gasteiger partial charge in [0.1, 0.15) is 5.54 Å². The van der Waals surface area contributed by atoms with Crippen molar-refractivity contribution in [1.82, 2.24) is 10.3 Å². The van der Waals surface area contributed by atoms with Gasteiger partial charge in [-0.15, -0.1) is 11.8 Å². The normalized spacial score (nSPS) is 18.2. The number of hydrogen-bond acceptors (Lipinski definition) is 6. The molecule has 1 aromatic carbocycles. The van der Waals surface area contributed by atoms with Crippen molar-refractivity contribution < 1.29 is 19.5 Å². The first-order valence-electron chi connectivity index (χ1n) is 12.2. The molecule has 0 saturated heterocycles. The van der Waals surface area contributed by atoms with Crippen molar-refractivity contribution in [2.45, 2.75) is 57.4 Å². The van der Waals surface area contributed by atoms with Crippen molar-refractivity contribution in [2.24, 2.45) is 5.41 Å². The number of halogens is 2.